The highest BCUT2D eigenvalue weighted by Gasteiger charge is 2.02. The summed E-state index contributed by atoms with van der Waals surface area (Å²) in [4.78, 5) is 1.32. The number of thioether (sulfide) groups is 1. The van der Waals surface area contributed by atoms with E-state index in [0.717, 1.165) is 12.3 Å². The Bertz CT molecular complexity index is 477. The minimum absolute atomic E-state index is 0.866. The summed E-state index contributed by atoms with van der Waals surface area (Å²) in [6, 6.07) is 12.7. The van der Waals surface area contributed by atoms with Crippen LogP contribution in [-0.2, 0) is 13.6 Å². The minimum atomic E-state index is 0.866. The van der Waals surface area contributed by atoms with E-state index in [1.54, 1.807) is 0 Å². The van der Waals surface area contributed by atoms with Gasteiger partial charge in [-0.1, -0.05) is 19.1 Å². The molecular weight excluding hydrogens is 228 g/mol. The first-order valence-electron chi connectivity index (χ1n) is 5.87. The molecule has 17 heavy (non-hydrogen) atoms. The Morgan fingerprint density at radius 2 is 2.00 bits per heavy atom. The molecule has 0 fully saturated rings. The number of rotatable bonds is 5. The van der Waals surface area contributed by atoms with Crippen molar-refractivity contribution < 1.29 is 0 Å². The summed E-state index contributed by atoms with van der Waals surface area (Å²) in [6.07, 6.45) is 2.07. The molecule has 0 atom stereocenters. The first-order chi connectivity index (χ1) is 8.31. The van der Waals surface area contributed by atoms with Crippen molar-refractivity contribution in [2.45, 2.75) is 18.4 Å². The molecule has 0 saturated carbocycles. The SMILES string of the molecule is CCSc1ccccc1NCc1cccn1C. The maximum atomic E-state index is 3.50. The summed E-state index contributed by atoms with van der Waals surface area (Å²) >= 11 is 1.87. The van der Waals surface area contributed by atoms with Gasteiger partial charge in [-0.15, -0.1) is 11.8 Å². The lowest BCUT2D eigenvalue weighted by atomic mass is 10.3. The number of nitrogens with zero attached hydrogens (tertiary/aromatic N) is 1. The zero-order chi connectivity index (χ0) is 12.1. The molecular formula is C14H18N2S. The van der Waals surface area contributed by atoms with Crippen molar-refractivity contribution in [1.82, 2.24) is 4.57 Å². The molecule has 0 aliphatic carbocycles. The van der Waals surface area contributed by atoms with E-state index in [0.29, 0.717) is 0 Å². The second kappa shape index (κ2) is 5.82. The predicted molar refractivity (Wildman–Crippen MR) is 75.6 cm³/mol. The Balaban J connectivity index is 2.06. The lowest BCUT2D eigenvalue weighted by Crippen LogP contribution is -2.04. The van der Waals surface area contributed by atoms with Gasteiger partial charge in [0.1, 0.15) is 0 Å². The van der Waals surface area contributed by atoms with Gasteiger partial charge >= 0.3 is 0 Å². The maximum Gasteiger partial charge on any atom is 0.0553 e. The summed E-state index contributed by atoms with van der Waals surface area (Å²) in [5, 5.41) is 3.50. The van der Waals surface area contributed by atoms with Gasteiger partial charge in [-0.2, -0.15) is 0 Å². The third-order valence-corrected chi connectivity index (χ3v) is 3.65. The minimum Gasteiger partial charge on any atom is -0.379 e. The molecule has 0 amide bonds. The Morgan fingerprint density at radius 1 is 1.18 bits per heavy atom. The molecule has 0 aliphatic heterocycles. The Kier molecular flexibility index (Phi) is 4.15. The van der Waals surface area contributed by atoms with E-state index >= 15 is 0 Å². The molecule has 0 unspecified atom stereocenters. The average molecular weight is 246 g/mol. The lowest BCUT2D eigenvalue weighted by Gasteiger charge is -2.11. The fourth-order valence-electron chi connectivity index (χ4n) is 1.76. The van der Waals surface area contributed by atoms with Gasteiger partial charge < -0.3 is 9.88 Å². The molecule has 2 rings (SSSR count). The van der Waals surface area contributed by atoms with E-state index in [2.05, 4.69) is 66.5 Å². The molecule has 0 radical (unpaired) electrons. The Morgan fingerprint density at radius 3 is 2.71 bits per heavy atom. The van der Waals surface area contributed by atoms with Crippen LogP contribution in [-0.4, -0.2) is 10.3 Å². The fraction of sp³-hybridized carbons (Fsp3) is 0.286. The summed E-state index contributed by atoms with van der Waals surface area (Å²) in [7, 11) is 2.07. The van der Waals surface area contributed by atoms with Crippen molar-refractivity contribution >= 4 is 17.4 Å². The highest BCUT2D eigenvalue weighted by Crippen LogP contribution is 2.26. The van der Waals surface area contributed by atoms with Gasteiger partial charge in [0, 0.05) is 29.5 Å². The number of nitrogens with one attached hydrogen (secondary N) is 1. The smallest absolute Gasteiger partial charge is 0.0553 e. The van der Waals surface area contributed by atoms with E-state index in [1.807, 2.05) is 11.8 Å². The fourth-order valence-corrected chi connectivity index (χ4v) is 2.54. The quantitative estimate of drug-likeness (QED) is 0.809. The van der Waals surface area contributed by atoms with Crippen molar-refractivity contribution in [2.24, 2.45) is 7.05 Å². The predicted octanol–water partition coefficient (Wildman–Crippen LogP) is 3.75. The van der Waals surface area contributed by atoms with Crippen LogP contribution in [0.5, 0.6) is 0 Å². The van der Waals surface area contributed by atoms with Crippen LogP contribution in [0.3, 0.4) is 0 Å². The van der Waals surface area contributed by atoms with Crippen molar-refractivity contribution in [3.05, 3.63) is 48.3 Å². The summed E-state index contributed by atoms with van der Waals surface area (Å²) in [5.74, 6) is 1.10. The largest absolute Gasteiger partial charge is 0.379 e. The second-order valence-corrected chi connectivity index (χ2v) is 5.20. The highest BCUT2D eigenvalue weighted by atomic mass is 32.2. The first kappa shape index (κ1) is 12.1. The lowest BCUT2D eigenvalue weighted by molar-refractivity contribution is 0.841. The van der Waals surface area contributed by atoms with Crippen LogP contribution in [0.25, 0.3) is 0 Å². The van der Waals surface area contributed by atoms with Gasteiger partial charge in [0.2, 0.25) is 0 Å². The molecule has 90 valence electrons. The third kappa shape index (κ3) is 3.07. The number of para-hydroxylation sites is 1. The Hall–Kier alpha value is -1.35. The van der Waals surface area contributed by atoms with Crippen molar-refractivity contribution in [1.29, 1.82) is 0 Å². The second-order valence-electron chi connectivity index (χ2n) is 3.89. The van der Waals surface area contributed by atoms with E-state index in [1.165, 1.54) is 16.3 Å². The molecule has 3 heteroatoms. The number of aromatic nitrogens is 1. The number of anilines is 1. The molecule has 0 bridgehead atoms. The molecule has 1 N–H and O–H groups in total. The highest BCUT2D eigenvalue weighted by molar-refractivity contribution is 7.99. The van der Waals surface area contributed by atoms with Crippen LogP contribution in [0, 0.1) is 0 Å². The van der Waals surface area contributed by atoms with Crippen molar-refractivity contribution in [3.63, 3.8) is 0 Å². The van der Waals surface area contributed by atoms with Crippen LogP contribution in [0.15, 0.2) is 47.5 Å². The summed E-state index contributed by atoms with van der Waals surface area (Å²) in [5.41, 5.74) is 2.52. The van der Waals surface area contributed by atoms with Crippen molar-refractivity contribution in [2.75, 3.05) is 11.1 Å². The van der Waals surface area contributed by atoms with Crippen LogP contribution < -0.4 is 5.32 Å². The van der Waals surface area contributed by atoms with Gasteiger partial charge in [-0.25, -0.2) is 0 Å². The van der Waals surface area contributed by atoms with E-state index < -0.39 is 0 Å². The molecule has 0 saturated heterocycles. The normalized spacial score (nSPS) is 10.5. The molecule has 2 aromatic rings. The van der Waals surface area contributed by atoms with Crippen LogP contribution in [0.2, 0.25) is 0 Å². The molecule has 1 heterocycles. The van der Waals surface area contributed by atoms with Crippen LogP contribution >= 0.6 is 11.8 Å². The van der Waals surface area contributed by atoms with Gasteiger partial charge in [-0.05, 0) is 30.0 Å². The van der Waals surface area contributed by atoms with Crippen LogP contribution in [0.1, 0.15) is 12.6 Å². The summed E-state index contributed by atoms with van der Waals surface area (Å²) < 4.78 is 2.14. The van der Waals surface area contributed by atoms with Crippen LogP contribution in [0.4, 0.5) is 5.69 Å². The average Bonchev–Trinajstić information content (AvgIpc) is 2.74. The zero-order valence-corrected chi connectivity index (χ0v) is 11.1. The van der Waals surface area contributed by atoms with Gasteiger partial charge in [0.15, 0.2) is 0 Å². The van der Waals surface area contributed by atoms with Gasteiger partial charge in [0.05, 0.1) is 6.54 Å². The topological polar surface area (TPSA) is 17.0 Å². The number of benzene rings is 1. The standard InChI is InChI=1S/C14H18N2S/c1-3-17-14-9-5-4-8-13(14)15-11-12-7-6-10-16(12)2/h4-10,15H,3,11H2,1-2H3. The third-order valence-electron chi connectivity index (χ3n) is 2.70. The monoisotopic (exact) mass is 246 g/mol. The summed E-state index contributed by atoms with van der Waals surface area (Å²) in [6.45, 7) is 3.05. The first-order valence-corrected chi connectivity index (χ1v) is 6.85. The number of aryl methyl sites for hydroxylation is 1. The van der Waals surface area contributed by atoms with Gasteiger partial charge in [0.25, 0.3) is 0 Å². The van der Waals surface area contributed by atoms with E-state index in [4.69, 9.17) is 0 Å². The van der Waals surface area contributed by atoms with Crippen molar-refractivity contribution in [3.8, 4) is 0 Å². The van der Waals surface area contributed by atoms with E-state index in [9.17, 15) is 0 Å². The molecule has 1 aromatic heterocycles. The maximum absolute atomic E-state index is 3.50. The Labute approximate surface area is 107 Å². The van der Waals surface area contributed by atoms with E-state index in [-0.39, 0.29) is 0 Å². The molecule has 0 spiro atoms. The zero-order valence-electron chi connectivity index (χ0n) is 10.3. The number of hydrogen-bond acceptors (Lipinski definition) is 2. The van der Waals surface area contributed by atoms with Gasteiger partial charge in [-0.3, -0.25) is 0 Å². The molecule has 0 aliphatic rings. The number of hydrogen-bond donors (Lipinski definition) is 1. The molecule has 1 aromatic carbocycles. The molecule has 2 nitrogen and oxygen atoms in total.